The van der Waals surface area contributed by atoms with E-state index in [9.17, 15) is 4.79 Å². The summed E-state index contributed by atoms with van der Waals surface area (Å²) >= 11 is 1.39. The Labute approximate surface area is 106 Å². The number of thiazole rings is 1. The maximum absolute atomic E-state index is 11.6. The van der Waals surface area contributed by atoms with Crippen LogP contribution in [0.4, 0.5) is 9.93 Å². The van der Waals surface area contributed by atoms with Gasteiger partial charge in [0.2, 0.25) is 0 Å². The van der Waals surface area contributed by atoms with E-state index in [-0.39, 0.29) is 12.1 Å². The third-order valence-electron chi connectivity index (χ3n) is 2.42. The van der Waals surface area contributed by atoms with Gasteiger partial charge in [-0.25, -0.2) is 9.78 Å². The summed E-state index contributed by atoms with van der Waals surface area (Å²) in [6.45, 7) is 6.56. The van der Waals surface area contributed by atoms with Crippen LogP contribution in [0.2, 0.25) is 0 Å². The zero-order chi connectivity index (χ0) is 12.8. The van der Waals surface area contributed by atoms with Crippen molar-refractivity contribution >= 4 is 22.5 Å². The zero-order valence-electron chi connectivity index (χ0n) is 10.6. The Morgan fingerprint density at radius 3 is 2.82 bits per heavy atom. The number of hydrogen-bond donors (Lipinski definition) is 2. The second kappa shape index (κ2) is 6.56. The van der Waals surface area contributed by atoms with Gasteiger partial charge in [-0.05, 0) is 12.8 Å². The first-order chi connectivity index (χ1) is 8.02. The highest BCUT2D eigenvalue weighted by Crippen LogP contribution is 2.15. The molecule has 0 fully saturated rings. The molecule has 0 aromatic carbocycles. The Bertz CT molecular complexity index is 365. The monoisotopic (exact) mass is 257 g/mol. The normalized spacial score (nSPS) is 12.5. The van der Waals surface area contributed by atoms with Crippen LogP contribution in [-0.2, 0) is 11.3 Å². The molecule has 0 saturated carbocycles. The lowest BCUT2D eigenvalue weighted by Gasteiger charge is -2.17. The average Bonchev–Trinajstić information content (AvgIpc) is 2.65. The van der Waals surface area contributed by atoms with Gasteiger partial charge in [-0.2, -0.15) is 0 Å². The van der Waals surface area contributed by atoms with Crippen LogP contribution in [0.1, 0.15) is 26.5 Å². The van der Waals surface area contributed by atoms with Gasteiger partial charge in [0.15, 0.2) is 5.13 Å². The average molecular weight is 257 g/mol. The second-order valence-electron chi connectivity index (χ2n) is 4.21. The molecule has 1 aromatic rings. The maximum atomic E-state index is 11.6. The molecule has 6 heteroatoms. The van der Waals surface area contributed by atoms with E-state index in [0.717, 1.165) is 5.69 Å². The number of nitrogens with one attached hydrogen (secondary N) is 2. The summed E-state index contributed by atoms with van der Waals surface area (Å²) in [6, 6.07) is -0.0853. The lowest BCUT2D eigenvalue weighted by Crippen LogP contribution is -2.38. The lowest BCUT2D eigenvalue weighted by molar-refractivity contribution is 0.182. The first kappa shape index (κ1) is 13.9. The minimum Gasteiger partial charge on any atom is -0.378 e. The Hall–Kier alpha value is -1.14. The summed E-state index contributed by atoms with van der Waals surface area (Å²) < 4.78 is 4.96. The molecule has 0 aliphatic carbocycles. The minimum absolute atomic E-state index is 0.133. The summed E-state index contributed by atoms with van der Waals surface area (Å²) in [4.78, 5) is 15.8. The largest absolute Gasteiger partial charge is 0.378 e. The Morgan fingerprint density at radius 1 is 1.53 bits per heavy atom. The molecule has 1 heterocycles. The number of nitrogens with zero attached hydrogens (tertiary/aromatic N) is 1. The number of anilines is 1. The summed E-state index contributed by atoms with van der Waals surface area (Å²) in [7, 11) is 1.61. The van der Waals surface area contributed by atoms with Crippen LogP contribution in [0.3, 0.4) is 0 Å². The van der Waals surface area contributed by atoms with Gasteiger partial charge in [0.1, 0.15) is 0 Å². The number of methoxy groups -OCH3 is 1. The topological polar surface area (TPSA) is 63.2 Å². The van der Waals surface area contributed by atoms with Gasteiger partial charge in [0.05, 0.1) is 12.3 Å². The van der Waals surface area contributed by atoms with Gasteiger partial charge in [-0.15, -0.1) is 11.3 Å². The van der Waals surface area contributed by atoms with Crippen LogP contribution < -0.4 is 10.6 Å². The van der Waals surface area contributed by atoms with E-state index in [0.29, 0.717) is 17.7 Å². The fraction of sp³-hybridized carbons (Fsp3) is 0.636. The highest BCUT2D eigenvalue weighted by Gasteiger charge is 2.11. The van der Waals surface area contributed by atoms with Gasteiger partial charge in [-0.1, -0.05) is 13.8 Å². The van der Waals surface area contributed by atoms with Crippen molar-refractivity contribution in [3.05, 3.63) is 11.1 Å². The minimum atomic E-state index is -0.218. The van der Waals surface area contributed by atoms with Crippen LogP contribution in [0.5, 0.6) is 0 Å². The molecule has 2 amide bonds. The molecule has 0 radical (unpaired) electrons. The number of amides is 2. The molecular formula is C11H19N3O2S. The quantitative estimate of drug-likeness (QED) is 0.851. The predicted octanol–water partition coefficient (Wildman–Crippen LogP) is 2.46. The standard InChI is InChI=1S/C11H19N3O2S/c1-7(2)8(3)12-10(15)14-11-13-9(5-16-4)6-17-11/h6-8H,5H2,1-4H3,(H2,12,13,14,15)/t8-/m0/s1. The molecule has 0 unspecified atom stereocenters. The summed E-state index contributed by atoms with van der Waals surface area (Å²) in [5, 5.41) is 8.02. The fourth-order valence-electron chi connectivity index (χ4n) is 1.09. The molecule has 1 atom stereocenters. The summed E-state index contributed by atoms with van der Waals surface area (Å²) in [5.74, 6) is 0.404. The molecule has 0 aliphatic heterocycles. The Kier molecular flexibility index (Phi) is 5.37. The number of carbonyl (C=O) groups is 1. The Balaban J connectivity index is 2.44. The lowest BCUT2D eigenvalue weighted by atomic mass is 10.1. The molecule has 96 valence electrons. The van der Waals surface area contributed by atoms with E-state index in [1.165, 1.54) is 11.3 Å². The van der Waals surface area contributed by atoms with Crippen molar-refractivity contribution in [2.24, 2.45) is 5.92 Å². The maximum Gasteiger partial charge on any atom is 0.321 e. The molecule has 17 heavy (non-hydrogen) atoms. The molecular weight excluding hydrogens is 238 g/mol. The van der Waals surface area contributed by atoms with Gasteiger partial charge in [-0.3, -0.25) is 5.32 Å². The molecule has 0 aliphatic rings. The van der Waals surface area contributed by atoms with Gasteiger partial charge >= 0.3 is 6.03 Å². The first-order valence-corrected chi connectivity index (χ1v) is 6.41. The SMILES string of the molecule is COCc1csc(NC(=O)N[C@@H](C)C(C)C)n1. The van der Waals surface area contributed by atoms with Crippen LogP contribution in [-0.4, -0.2) is 24.2 Å². The van der Waals surface area contributed by atoms with Crippen molar-refractivity contribution in [3.63, 3.8) is 0 Å². The predicted molar refractivity (Wildman–Crippen MR) is 69.3 cm³/mol. The molecule has 0 bridgehead atoms. The molecule has 0 saturated heterocycles. The van der Waals surface area contributed by atoms with Gasteiger partial charge in [0.25, 0.3) is 0 Å². The van der Waals surface area contributed by atoms with Crippen LogP contribution >= 0.6 is 11.3 Å². The molecule has 0 spiro atoms. The van der Waals surface area contributed by atoms with Crippen molar-refractivity contribution in [3.8, 4) is 0 Å². The van der Waals surface area contributed by atoms with E-state index in [1.807, 2.05) is 12.3 Å². The van der Waals surface area contributed by atoms with Crippen molar-refractivity contribution in [2.75, 3.05) is 12.4 Å². The third-order valence-corrected chi connectivity index (χ3v) is 3.23. The first-order valence-electron chi connectivity index (χ1n) is 5.53. The van der Waals surface area contributed by atoms with Crippen LogP contribution in [0.15, 0.2) is 5.38 Å². The fourth-order valence-corrected chi connectivity index (χ4v) is 1.78. The van der Waals surface area contributed by atoms with E-state index >= 15 is 0 Å². The molecule has 5 nitrogen and oxygen atoms in total. The highest BCUT2D eigenvalue weighted by molar-refractivity contribution is 7.13. The van der Waals surface area contributed by atoms with Crippen molar-refractivity contribution in [1.82, 2.24) is 10.3 Å². The summed E-state index contributed by atoms with van der Waals surface area (Å²) in [6.07, 6.45) is 0. The van der Waals surface area contributed by atoms with E-state index in [2.05, 4.69) is 29.5 Å². The van der Waals surface area contributed by atoms with Crippen LogP contribution in [0.25, 0.3) is 0 Å². The van der Waals surface area contributed by atoms with Gasteiger partial charge < -0.3 is 10.1 Å². The highest BCUT2D eigenvalue weighted by atomic mass is 32.1. The molecule has 2 N–H and O–H groups in total. The van der Waals surface area contributed by atoms with E-state index in [1.54, 1.807) is 7.11 Å². The number of hydrogen-bond acceptors (Lipinski definition) is 4. The summed E-state index contributed by atoms with van der Waals surface area (Å²) in [5.41, 5.74) is 0.824. The Morgan fingerprint density at radius 2 is 2.24 bits per heavy atom. The zero-order valence-corrected chi connectivity index (χ0v) is 11.4. The number of rotatable bonds is 5. The number of urea groups is 1. The van der Waals surface area contributed by atoms with Gasteiger partial charge in [0, 0.05) is 18.5 Å². The van der Waals surface area contributed by atoms with E-state index in [4.69, 9.17) is 4.74 Å². The smallest absolute Gasteiger partial charge is 0.321 e. The second-order valence-corrected chi connectivity index (χ2v) is 5.07. The number of ether oxygens (including phenoxy) is 1. The van der Waals surface area contributed by atoms with Crippen molar-refractivity contribution in [1.29, 1.82) is 0 Å². The molecule has 1 aromatic heterocycles. The van der Waals surface area contributed by atoms with E-state index < -0.39 is 0 Å². The van der Waals surface area contributed by atoms with Crippen molar-refractivity contribution in [2.45, 2.75) is 33.4 Å². The third kappa shape index (κ3) is 4.70. The van der Waals surface area contributed by atoms with Crippen molar-refractivity contribution < 1.29 is 9.53 Å². The molecule has 1 rings (SSSR count). The number of aromatic nitrogens is 1. The number of carbonyl (C=O) groups excluding carboxylic acids is 1. The van der Waals surface area contributed by atoms with Crippen LogP contribution in [0, 0.1) is 5.92 Å².